The third-order valence-electron chi connectivity index (χ3n) is 2.25. The fourth-order valence-electron chi connectivity index (χ4n) is 1.56. The zero-order valence-corrected chi connectivity index (χ0v) is 10.4. The molecule has 0 unspecified atom stereocenters. The largest absolute Gasteiger partial charge is 0.457 e. The molecule has 0 aliphatic carbocycles. The van der Waals surface area contributed by atoms with Gasteiger partial charge in [-0.25, -0.2) is 13.6 Å². The van der Waals surface area contributed by atoms with Crippen LogP contribution in [0.15, 0.2) is 54.6 Å². The standard InChI is InChI=1S/C13H13NO3S/c14-18(15,16)10-11-5-4-8-13(9-11)17-12-6-2-1-3-7-12/h1-9H,10H2,(H2,14,15,16). The van der Waals surface area contributed by atoms with Crippen LogP contribution >= 0.6 is 0 Å². The predicted molar refractivity (Wildman–Crippen MR) is 69.8 cm³/mol. The lowest BCUT2D eigenvalue weighted by molar-refractivity contribution is 0.482. The van der Waals surface area contributed by atoms with E-state index in [2.05, 4.69) is 0 Å². The van der Waals surface area contributed by atoms with Crippen molar-refractivity contribution in [3.05, 3.63) is 60.2 Å². The molecule has 0 spiro atoms. The van der Waals surface area contributed by atoms with E-state index in [4.69, 9.17) is 9.88 Å². The lowest BCUT2D eigenvalue weighted by atomic mass is 10.2. The molecule has 0 aliphatic heterocycles. The Morgan fingerprint density at radius 3 is 2.28 bits per heavy atom. The summed E-state index contributed by atoms with van der Waals surface area (Å²) in [6.45, 7) is 0. The molecule has 94 valence electrons. The Bertz CT molecular complexity index is 624. The molecule has 0 saturated carbocycles. The monoisotopic (exact) mass is 263 g/mol. The summed E-state index contributed by atoms with van der Waals surface area (Å²) in [6.07, 6.45) is 0. The highest BCUT2D eigenvalue weighted by molar-refractivity contribution is 7.88. The van der Waals surface area contributed by atoms with E-state index in [1.807, 2.05) is 30.3 Å². The maximum absolute atomic E-state index is 11.0. The lowest BCUT2D eigenvalue weighted by Crippen LogP contribution is -2.14. The smallest absolute Gasteiger partial charge is 0.213 e. The van der Waals surface area contributed by atoms with Crippen LogP contribution in [0.4, 0.5) is 0 Å². The maximum atomic E-state index is 11.0. The van der Waals surface area contributed by atoms with Gasteiger partial charge in [0.25, 0.3) is 0 Å². The van der Waals surface area contributed by atoms with Gasteiger partial charge in [-0.2, -0.15) is 0 Å². The van der Waals surface area contributed by atoms with Gasteiger partial charge >= 0.3 is 0 Å². The summed E-state index contributed by atoms with van der Waals surface area (Å²) in [6, 6.07) is 16.1. The minimum atomic E-state index is -3.52. The number of nitrogens with two attached hydrogens (primary N) is 1. The molecule has 0 aliphatic rings. The minimum absolute atomic E-state index is 0.195. The molecule has 0 fully saturated rings. The van der Waals surface area contributed by atoms with Crippen molar-refractivity contribution in [2.24, 2.45) is 5.14 Å². The van der Waals surface area contributed by atoms with Crippen molar-refractivity contribution in [3.63, 3.8) is 0 Å². The van der Waals surface area contributed by atoms with Crippen LogP contribution in [0.5, 0.6) is 11.5 Å². The van der Waals surface area contributed by atoms with E-state index in [1.165, 1.54) is 0 Å². The van der Waals surface area contributed by atoms with Gasteiger partial charge in [0.15, 0.2) is 0 Å². The van der Waals surface area contributed by atoms with E-state index in [0.717, 1.165) is 0 Å². The molecule has 0 atom stereocenters. The SMILES string of the molecule is NS(=O)(=O)Cc1cccc(Oc2ccccc2)c1. The van der Waals surface area contributed by atoms with E-state index in [0.29, 0.717) is 17.1 Å². The molecule has 0 saturated heterocycles. The third kappa shape index (κ3) is 3.87. The topological polar surface area (TPSA) is 69.4 Å². The number of benzene rings is 2. The van der Waals surface area contributed by atoms with Crippen LogP contribution in [0.25, 0.3) is 0 Å². The second-order valence-corrected chi connectivity index (χ2v) is 5.48. The first kappa shape index (κ1) is 12.6. The summed E-state index contributed by atoms with van der Waals surface area (Å²) in [4.78, 5) is 0. The molecular weight excluding hydrogens is 250 g/mol. The van der Waals surface area contributed by atoms with E-state index < -0.39 is 10.0 Å². The number of rotatable bonds is 4. The van der Waals surface area contributed by atoms with Crippen LogP contribution in [0.3, 0.4) is 0 Å². The van der Waals surface area contributed by atoms with Crippen LogP contribution in [-0.2, 0) is 15.8 Å². The van der Waals surface area contributed by atoms with Crippen LogP contribution in [0, 0.1) is 0 Å². The molecule has 0 bridgehead atoms. The highest BCUT2D eigenvalue weighted by Gasteiger charge is 2.06. The number of hydrogen-bond donors (Lipinski definition) is 1. The number of ether oxygens (including phenoxy) is 1. The highest BCUT2D eigenvalue weighted by Crippen LogP contribution is 2.22. The fraction of sp³-hybridized carbons (Fsp3) is 0.0769. The molecule has 2 aromatic rings. The average Bonchev–Trinajstić information content (AvgIpc) is 2.28. The van der Waals surface area contributed by atoms with Gasteiger partial charge in [-0.05, 0) is 29.8 Å². The predicted octanol–water partition coefficient (Wildman–Crippen LogP) is 2.27. The van der Waals surface area contributed by atoms with Gasteiger partial charge in [-0.3, -0.25) is 0 Å². The molecule has 2 aromatic carbocycles. The Morgan fingerprint density at radius 1 is 0.944 bits per heavy atom. The zero-order valence-electron chi connectivity index (χ0n) is 9.61. The van der Waals surface area contributed by atoms with Crippen LogP contribution < -0.4 is 9.88 Å². The zero-order chi connectivity index (χ0) is 13.0. The summed E-state index contributed by atoms with van der Waals surface area (Å²) in [5, 5.41) is 5.00. The number of sulfonamides is 1. The van der Waals surface area contributed by atoms with Crippen molar-refractivity contribution >= 4 is 10.0 Å². The molecule has 0 radical (unpaired) electrons. The molecule has 2 rings (SSSR count). The fourth-order valence-corrected chi connectivity index (χ4v) is 2.20. The molecule has 0 aromatic heterocycles. The molecule has 0 amide bonds. The number of para-hydroxylation sites is 1. The minimum Gasteiger partial charge on any atom is -0.457 e. The van der Waals surface area contributed by atoms with E-state index in [9.17, 15) is 8.42 Å². The lowest BCUT2D eigenvalue weighted by Gasteiger charge is -2.07. The average molecular weight is 263 g/mol. The van der Waals surface area contributed by atoms with Crippen molar-refractivity contribution in [1.82, 2.24) is 0 Å². The second kappa shape index (κ2) is 5.20. The Kier molecular flexibility index (Phi) is 3.64. The highest BCUT2D eigenvalue weighted by atomic mass is 32.2. The van der Waals surface area contributed by atoms with Gasteiger partial charge in [0, 0.05) is 0 Å². The van der Waals surface area contributed by atoms with Crippen molar-refractivity contribution in [3.8, 4) is 11.5 Å². The first-order valence-electron chi connectivity index (χ1n) is 5.35. The summed E-state index contributed by atoms with van der Waals surface area (Å²) in [5.41, 5.74) is 0.603. The Hall–Kier alpha value is -1.85. The van der Waals surface area contributed by atoms with Crippen molar-refractivity contribution < 1.29 is 13.2 Å². The van der Waals surface area contributed by atoms with Crippen LogP contribution in [0.2, 0.25) is 0 Å². The van der Waals surface area contributed by atoms with Crippen LogP contribution in [-0.4, -0.2) is 8.42 Å². The second-order valence-electron chi connectivity index (χ2n) is 3.87. The summed E-state index contributed by atoms with van der Waals surface area (Å²) < 4.78 is 27.6. The van der Waals surface area contributed by atoms with Crippen molar-refractivity contribution in [1.29, 1.82) is 0 Å². The molecule has 5 heteroatoms. The van der Waals surface area contributed by atoms with E-state index >= 15 is 0 Å². The summed E-state index contributed by atoms with van der Waals surface area (Å²) >= 11 is 0. The van der Waals surface area contributed by atoms with Crippen LogP contribution in [0.1, 0.15) is 5.56 Å². The molecule has 0 heterocycles. The molecular formula is C13H13NO3S. The van der Waals surface area contributed by atoms with E-state index in [1.54, 1.807) is 24.3 Å². The van der Waals surface area contributed by atoms with Gasteiger partial charge in [0.1, 0.15) is 11.5 Å². The summed E-state index contributed by atoms with van der Waals surface area (Å²) in [5.74, 6) is 1.09. The molecule has 4 nitrogen and oxygen atoms in total. The Labute approximate surface area is 106 Å². The van der Waals surface area contributed by atoms with E-state index in [-0.39, 0.29) is 5.75 Å². The summed E-state index contributed by atoms with van der Waals surface area (Å²) in [7, 11) is -3.52. The Balaban J connectivity index is 2.18. The molecule has 2 N–H and O–H groups in total. The third-order valence-corrected chi connectivity index (χ3v) is 2.98. The number of hydrogen-bond acceptors (Lipinski definition) is 3. The normalized spacial score (nSPS) is 11.2. The van der Waals surface area contributed by atoms with Gasteiger partial charge in [-0.1, -0.05) is 30.3 Å². The van der Waals surface area contributed by atoms with Gasteiger partial charge in [-0.15, -0.1) is 0 Å². The maximum Gasteiger partial charge on any atom is 0.213 e. The van der Waals surface area contributed by atoms with Gasteiger partial charge in [0.05, 0.1) is 5.75 Å². The number of primary sulfonamides is 1. The first-order chi connectivity index (χ1) is 8.53. The molecule has 18 heavy (non-hydrogen) atoms. The first-order valence-corrected chi connectivity index (χ1v) is 7.07. The Morgan fingerprint density at radius 2 is 1.61 bits per heavy atom. The quantitative estimate of drug-likeness (QED) is 0.919. The van der Waals surface area contributed by atoms with Crippen molar-refractivity contribution in [2.75, 3.05) is 0 Å². The van der Waals surface area contributed by atoms with Gasteiger partial charge < -0.3 is 4.74 Å². The van der Waals surface area contributed by atoms with Gasteiger partial charge in [0.2, 0.25) is 10.0 Å². The van der Waals surface area contributed by atoms with Crippen molar-refractivity contribution in [2.45, 2.75) is 5.75 Å².